The monoisotopic (exact) mass is 389 g/mol. The summed E-state index contributed by atoms with van der Waals surface area (Å²) in [6.07, 6.45) is 2.80. The van der Waals surface area contributed by atoms with Crippen molar-refractivity contribution < 1.29 is 4.79 Å². The Hall–Kier alpha value is -2.18. The maximum absolute atomic E-state index is 12.9. The number of anilines is 1. The number of hydrogen-bond donors (Lipinski definition) is 1. The average molecular weight is 390 g/mol. The molecular weight excluding hydrogens is 370 g/mol. The standard InChI is InChI=1S/C19H20ClN3O2S/c1-4-13-9-14-18(26-13)21-10-23(19(14)25)16(5-2)17(24)22-15-8-12(20)7-6-11(15)3/h6-10,16H,4-5H2,1-3H3,(H,22,24). The van der Waals surface area contributed by atoms with E-state index < -0.39 is 6.04 Å². The molecule has 0 aliphatic rings. The first-order valence-electron chi connectivity index (χ1n) is 8.51. The maximum atomic E-state index is 12.9. The van der Waals surface area contributed by atoms with E-state index in [4.69, 9.17) is 11.6 Å². The molecule has 7 heteroatoms. The summed E-state index contributed by atoms with van der Waals surface area (Å²) >= 11 is 7.54. The van der Waals surface area contributed by atoms with Gasteiger partial charge in [0, 0.05) is 15.6 Å². The van der Waals surface area contributed by atoms with E-state index in [1.807, 2.05) is 32.9 Å². The Kier molecular flexibility index (Phi) is 5.44. The molecule has 1 amide bonds. The average Bonchev–Trinajstić information content (AvgIpc) is 3.05. The number of carbonyl (C=O) groups excluding carboxylic acids is 1. The van der Waals surface area contributed by atoms with Crippen molar-refractivity contribution in [3.63, 3.8) is 0 Å². The highest BCUT2D eigenvalue weighted by atomic mass is 35.5. The Labute approximate surface area is 160 Å². The van der Waals surface area contributed by atoms with Gasteiger partial charge in [-0.1, -0.05) is 31.5 Å². The molecule has 0 spiro atoms. The molecule has 1 atom stereocenters. The lowest BCUT2D eigenvalue weighted by atomic mass is 10.1. The van der Waals surface area contributed by atoms with Crippen molar-refractivity contribution in [2.75, 3.05) is 5.32 Å². The first-order valence-corrected chi connectivity index (χ1v) is 9.70. The first kappa shape index (κ1) is 18.6. The van der Waals surface area contributed by atoms with E-state index in [9.17, 15) is 9.59 Å². The highest BCUT2D eigenvalue weighted by molar-refractivity contribution is 7.18. The lowest BCUT2D eigenvalue weighted by Gasteiger charge is -2.18. The molecular formula is C19H20ClN3O2S. The van der Waals surface area contributed by atoms with Crippen LogP contribution in [-0.2, 0) is 11.2 Å². The second kappa shape index (κ2) is 7.60. The Bertz CT molecular complexity index is 1030. The Morgan fingerprint density at radius 1 is 1.35 bits per heavy atom. The third kappa shape index (κ3) is 3.52. The van der Waals surface area contributed by atoms with E-state index >= 15 is 0 Å². The zero-order chi connectivity index (χ0) is 18.8. The summed E-state index contributed by atoms with van der Waals surface area (Å²) in [6.45, 7) is 5.81. The molecule has 5 nitrogen and oxygen atoms in total. The van der Waals surface area contributed by atoms with E-state index in [0.29, 0.717) is 27.3 Å². The van der Waals surface area contributed by atoms with Crippen LogP contribution in [-0.4, -0.2) is 15.5 Å². The van der Waals surface area contributed by atoms with Gasteiger partial charge in [0.2, 0.25) is 5.91 Å². The highest BCUT2D eigenvalue weighted by Crippen LogP contribution is 2.24. The van der Waals surface area contributed by atoms with Gasteiger partial charge in [0.1, 0.15) is 10.9 Å². The van der Waals surface area contributed by atoms with Crippen LogP contribution in [0.25, 0.3) is 10.2 Å². The summed E-state index contributed by atoms with van der Waals surface area (Å²) in [5.74, 6) is -0.257. The minimum Gasteiger partial charge on any atom is -0.324 e. The Morgan fingerprint density at radius 3 is 2.81 bits per heavy atom. The predicted molar refractivity (Wildman–Crippen MR) is 107 cm³/mol. The zero-order valence-electron chi connectivity index (χ0n) is 14.9. The number of halogens is 1. The molecule has 0 bridgehead atoms. The molecule has 0 fully saturated rings. The SMILES string of the molecule is CCc1cc2c(=O)n(C(CC)C(=O)Nc3cc(Cl)ccc3C)cnc2s1. The van der Waals surface area contributed by atoms with Gasteiger partial charge in [0.15, 0.2) is 0 Å². The number of thiophene rings is 1. The number of nitrogens with zero attached hydrogens (tertiary/aromatic N) is 2. The fraction of sp³-hybridized carbons (Fsp3) is 0.316. The number of fused-ring (bicyclic) bond motifs is 1. The molecule has 0 aliphatic heterocycles. The van der Waals surface area contributed by atoms with Crippen molar-refractivity contribution in [2.24, 2.45) is 0 Å². The number of hydrogen-bond acceptors (Lipinski definition) is 4. The second-order valence-electron chi connectivity index (χ2n) is 6.11. The van der Waals surface area contributed by atoms with Gasteiger partial charge < -0.3 is 5.32 Å². The topological polar surface area (TPSA) is 64.0 Å². The van der Waals surface area contributed by atoms with E-state index in [2.05, 4.69) is 10.3 Å². The largest absolute Gasteiger partial charge is 0.324 e. The first-order chi connectivity index (χ1) is 12.4. The van der Waals surface area contributed by atoms with Crippen molar-refractivity contribution in [1.82, 2.24) is 9.55 Å². The molecule has 136 valence electrons. The summed E-state index contributed by atoms with van der Waals surface area (Å²) < 4.78 is 1.42. The van der Waals surface area contributed by atoms with Crippen molar-refractivity contribution >= 4 is 44.7 Å². The zero-order valence-corrected chi connectivity index (χ0v) is 16.4. The van der Waals surface area contributed by atoms with Crippen molar-refractivity contribution in [3.05, 3.63) is 56.4 Å². The van der Waals surface area contributed by atoms with E-state index in [1.54, 1.807) is 12.1 Å². The molecule has 1 unspecified atom stereocenters. The summed E-state index contributed by atoms with van der Waals surface area (Å²) in [5.41, 5.74) is 1.37. The smallest absolute Gasteiger partial charge is 0.262 e. The van der Waals surface area contributed by atoms with Crippen LogP contribution in [0.1, 0.15) is 36.8 Å². The highest BCUT2D eigenvalue weighted by Gasteiger charge is 2.22. The van der Waals surface area contributed by atoms with Crippen molar-refractivity contribution in [1.29, 1.82) is 0 Å². The van der Waals surface area contributed by atoms with Crippen molar-refractivity contribution in [2.45, 2.75) is 39.7 Å². The number of aromatic nitrogens is 2. The van der Waals surface area contributed by atoms with Gasteiger partial charge in [-0.2, -0.15) is 0 Å². The van der Waals surface area contributed by atoms with Crippen LogP contribution in [0.2, 0.25) is 5.02 Å². The molecule has 1 N–H and O–H groups in total. The van der Waals surface area contributed by atoms with Crippen LogP contribution in [0.4, 0.5) is 5.69 Å². The van der Waals surface area contributed by atoms with Gasteiger partial charge in [-0.3, -0.25) is 14.2 Å². The molecule has 0 aliphatic carbocycles. The van der Waals surface area contributed by atoms with Gasteiger partial charge in [-0.15, -0.1) is 11.3 Å². The van der Waals surface area contributed by atoms with Crippen LogP contribution in [0.5, 0.6) is 0 Å². The Balaban J connectivity index is 1.96. The molecule has 3 aromatic rings. The molecule has 0 radical (unpaired) electrons. The van der Waals surface area contributed by atoms with Gasteiger partial charge in [-0.05, 0) is 43.5 Å². The van der Waals surface area contributed by atoms with E-state index in [0.717, 1.165) is 16.9 Å². The van der Waals surface area contributed by atoms with Gasteiger partial charge >= 0.3 is 0 Å². The molecule has 2 aromatic heterocycles. The summed E-state index contributed by atoms with van der Waals surface area (Å²) in [5, 5.41) is 4.00. The molecule has 2 heterocycles. The van der Waals surface area contributed by atoms with Crippen LogP contribution < -0.4 is 10.9 Å². The third-order valence-corrected chi connectivity index (χ3v) is 5.78. The number of aryl methyl sites for hydroxylation is 2. The molecule has 3 rings (SSSR count). The Morgan fingerprint density at radius 2 is 2.12 bits per heavy atom. The van der Waals surface area contributed by atoms with Crippen LogP contribution in [0.3, 0.4) is 0 Å². The predicted octanol–water partition coefficient (Wildman–Crippen LogP) is 4.57. The normalized spacial score (nSPS) is 12.3. The van der Waals surface area contributed by atoms with Gasteiger partial charge in [0.25, 0.3) is 5.56 Å². The number of rotatable bonds is 5. The molecule has 1 aromatic carbocycles. The number of benzene rings is 1. The van der Waals surface area contributed by atoms with Crippen LogP contribution in [0.15, 0.2) is 35.4 Å². The molecule has 26 heavy (non-hydrogen) atoms. The van der Waals surface area contributed by atoms with Crippen molar-refractivity contribution in [3.8, 4) is 0 Å². The summed E-state index contributed by atoms with van der Waals surface area (Å²) in [7, 11) is 0. The quantitative estimate of drug-likeness (QED) is 0.695. The van der Waals surface area contributed by atoms with Gasteiger partial charge in [0.05, 0.1) is 11.7 Å². The number of nitrogens with one attached hydrogen (secondary N) is 1. The van der Waals surface area contributed by atoms with E-state index in [-0.39, 0.29) is 11.5 Å². The van der Waals surface area contributed by atoms with E-state index in [1.165, 1.54) is 22.2 Å². The lowest BCUT2D eigenvalue weighted by molar-refractivity contribution is -0.119. The fourth-order valence-corrected chi connectivity index (χ4v) is 3.93. The number of amides is 1. The fourth-order valence-electron chi connectivity index (χ4n) is 2.84. The summed E-state index contributed by atoms with van der Waals surface area (Å²) in [4.78, 5) is 31.9. The minimum absolute atomic E-state index is 0.184. The van der Waals surface area contributed by atoms with Crippen LogP contribution in [0, 0.1) is 6.92 Å². The number of carbonyl (C=O) groups is 1. The minimum atomic E-state index is -0.636. The van der Waals surface area contributed by atoms with Crippen LogP contribution >= 0.6 is 22.9 Å². The van der Waals surface area contributed by atoms with Gasteiger partial charge in [-0.25, -0.2) is 4.98 Å². The maximum Gasteiger partial charge on any atom is 0.262 e. The third-order valence-electron chi connectivity index (χ3n) is 4.36. The lowest BCUT2D eigenvalue weighted by Crippen LogP contribution is -2.33. The second-order valence-corrected chi connectivity index (χ2v) is 7.67. The molecule has 0 saturated heterocycles. The summed E-state index contributed by atoms with van der Waals surface area (Å²) in [6, 6.07) is 6.56. The molecule has 0 saturated carbocycles.